The first-order chi connectivity index (χ1) is 16.2. The normalized spacial score (nSPS) is 20.2. The van der Waals surface area contributed by atoms with Gasteiger partial charge in [0, 0.05) is 69.3 Å². The summed E-state index contributed by atoms with van der Waals surface area (Å²) in [6, 6.07) is 10.9. The summed E-state index contributed by atoms with van der Waals surface area (Å²) in [5.74, 6) is 0.984. The zero-order valence-electron chi connectivity index (χ0n) is 19.2. The Hall–Kier alpha value is -2.90. The van der Waals surface area contributed by atoms with E-state index in [1.54, 1.807) is 12.1 Å². The van der Waals surface area contributed by atoms with Crippen molar-refractivity contribution in [3.05, 3.63) is 72.1 Å². The largest absolute Gasteiger partial charge is 0.338 e. The van der Waals surface area contributed by atoms with Crippen LogP contribution in [0, 0.1) is 5.82 Å². The Balaban J connectivity index is 1.42. The Bertz CT molecular complexity index is 1050. The number of nitrogens with zero attached hydrogens (tertiary/aromatic N) is 6. The fraction of sp³-hybridized carbons (Fsp3) is 0.423. The lowest BCUT2D eigenvalue weighted by atomic mass is 9.90. The number of aromatic nitrogens is 3. The highest BCUT2D eigenvalue weighted by molar-refractivity contribution is 5.66. The molecule has 6 nitrogen and oxygen atoms in total. The second-order valence-electron chi connectivity index (χ2n) is 9.20. The van der Waals surface area contributed by atoms with Crippen LogP contribution in [0.2, 0.25) is 0 Å². The van der Waals surface area contributed by atoms with E-state index in [2.05, 4.69) is 26.7 Å². The number of halogens is 1. The summed E-state index contributed by atoms with van der Waals surface area (Å²) in [6.07, 6.45) is 7.89. The molecule has 2 aliphatic heterocycles. The minimum absolute atomic E-state index is 0.185. The molecule has 0 N–H and O–H groups in total. The summed E-state index contributed by atoms with van der Waals surface area (Å²) in [5, 5.41) is 0. The molecule has 2 fully saturated rings. The summed E-state index contributed by atoms with van der Waals surface area (Å²) >= 11 is 0. The van der Waals surface area contributed by atoms with Crippen molar-refractivity contribution in [2.45, 2.75) is 25.3 Å². The van der Waals surface area contributed by atoms with Crippen LogP contribution in [0.3, 0.4) is 0 Å². The molecule has 4 heterocycles. The van der Waals surface area contributed by atoms with E-state index in [1.807, 2.05) is 42.9 Å². The van der Waals surface area contributed by atoms with Gasteiger partial charge in [-0.25, -0.2) is 14.4 Å². The Morgan fingerprint density at radius 3 is 2.48 bits per heavy atom. The highest BCUT2D eigenvalue weighted by atomic mass is 19.1. The second kappa shape index (κ2) is 9.93. The standard InChI is InChI=1S/C26H31FN6/c1-31-13-15-33(16-14-31)26-29-17-24(21-8-10-28-11-9-21)25(30-26)22-3-2-12-32(19-22)18-20-4-6-23(27)7-5-20/h4-11,17,22H,2-3,12-16,18-19H2,1H3/t22-/m0/s1. The SMILES string of the molecule is CN1CCN(c2ncc(-c3ccncc3)c([C@H]3CCCN(Cc4ccc(F)cc4)C3)n2)CC1. The number of hydrogen-bond donors (Lipinski definition) is 0. The van der Waals surface area contributed by atoms with Crippen molar-refractivity contribution in [3.63, 3.8) is 0 Å². The van der Waals surface area contributed by atoms with Crippen molar-refractivity contribution in [2.75, 3.05) is 51.2 Å². The van der Waals surface area contributed by atoms with Gasteiger partial charge in [0.1, 0.15) is 5.82 Å². The topological polar surface area (TPSA) is 48.4 Å². The Labute approximate surface area is 195 Å². The van der Waals surface area contributed by atoms with Gasteiger partial charge in [0.15, 0.2) is 0 Å². The number of rotatable bonds is 5. The predicted octanol–water partition coefficient (Wildman–Crippen LogP) is 3.81. The van der Waals surface area contributed by atoms with E-state index in [0.717, 1.165) is 87.0 Å². The minimum atomic E-state index is -0.185. The molecule has 0 spiro atoms. The number of likely N-dealkylation sites (tertiary alicyclic amines) is 1. The van der Waals surface area contributed by atoms with Gasteiger partial charge < -0.3 is 9.80 Å². The molecule has 0 radical (unpaired) electrons. The van der Waals surface area contributed by atoms with E-state index in [-0.39, 0.29) is 5.82 Å². The fourth-order valence-corrected chi connectivity index (χ4v) is 4.88. The highest BCUT2D eigenvalue weighted by Gasteiger charge is 2.27. The maximum absolute atomic E-state index is 13.3. The first-order valence-electron chi connectivity index (χ1n) is 11.8. The summed E-state index contributed by atoms with van der Waals surface area (Å²) in [6.45, 7) is 6.78. The first-order valence-corrected chi connectivity index (χ1v) is 11.8. The van der Waals surface area contributed by atoms with Crippen LogP contribution >= 0.6 is 0 Å². The van der Waals surface area contributed by atoms with Crippen LogP contribution in [-0.4, -0.2) is 71.1 Å². The van der Waals surface area contributed by atoms with Gasteiger partial charge in [-0.2, -0.15) is 0 Å². The molecule has 2 aliphatic rings. The van der Waals surface area contributed by atoms with Crippen LogP contribution in [0.5, 0.6) is 0 Å². The third-order valence-electron chi connectivity index (χ3n) is 6.79. The molecule has 0 saturated carbocycles. The van der Waals surface area contributed by atoms with Crippen LogP contribution in [0.25, 0.3) is 11.1 Å². The van der Waals surface area contributed by atoms with Crippen molar-refractivity contribution >= 4 is 5.95 Å². The molecular weight excluding hydrogens is 415 g/mol. The van der Waals surface area contributed by atoms with E-state index in [1.165, 1.54) is 0 Å². The number of anilines is 1. The summed E-state index contributed by atoms with van der Waals surface area (Å²) in [7, 11) is 2.16. The van der Waals surface area contributed by atoms with Crippen molar-refractivity contribution in [1.82, 2.24) is 24.8 Å². The fourth-order valence-electron chi connectivity index (χ4n) is 4.88. The number of likely N-dealkylation sites (N-methyl/N-ethyl adjacent to an activating group) is 1. The Kier molecular flexibility index (Phi) is 6.60. The molecule has 1 aromatic carbocycles. The molecule has 33 heavy (non-hydrogen) atoms. The van der Waals surface area contributed by atoms with Gasteiger partial charge in [-0.05, 0) is 61.8 Å². The molecule has 7 heteroatoms. The van der Waals surface area contributed by atoms with Gasteiger partial charge in [0.25, 0.3) is 0 Å². The molecule has 2 aromatic heterocycles. The van der Waals surface area contributed by atoms with Crippen LogP contribution in [0.4, 0.5) is 10.3 Å². The van der Waals surface area contributed by atoms with Gasteiger partial charge in [0.05, 0.1) is 5.69 Å². The number of pyridine rings is 1. The van der Waals surface area contributed by atoms with E-state index < -0.39 is 0 Å². The number of piperidine rings is 1. The third kappa shape index (κ3) is 5.20. The molecule has 1 atom stereocenters. The Morgan fingerprint density at radius 1 is 0.970 bits per heavy atom. The molecular formula is C26H31FN6. The lowest BCUT2D eigenvalue weighted by Crippen LogP contribution is -2.45. The average molecular weight is 447 g/mol. The van der Waals surface area contributed by atoms with Crippen LogP contribution in [-0.2, 0) is 6.54 Å². The monoisotopic (exact) mass is 446 g/mol. The lowest BCUT2D eigenvalue weighted by molar-refractivity contribution is 0.198. The smallest absolute Gasteiger partial charge is 0.225 e. The maximum atomic E-state index is 13.3. The first kappa shape index (κ1) is 21.9. The van der Waals surface area contributed by atoms with E-state index >= 15 is 0 Å². The van der Waals surface area contributed by atoms with Gasteiger partial charge in [-0.3, -0.25) is 9.88 Å². The maximum Gasteiger partial charge on any atom is 0.225 e. The van der Waals surface area contributed by atoms with E-state index in [4.69, 9.17) is 9.97 Å². The number of benzene rings is 1. The molecule has 2 saturated heterocycles. The number of hydrogen-bond acceptors (Lipinski definition) is 6. The molecule has 5 rings (SSSR count). The molecule has 0 aliphatic carbocycles. The molecule has 3 aromatic rings. The summed E-state index contributed by atoms with van der Waals surface area (Å²) in [5.41, 5.74) is 4.49. The molecule has 0 unspecified atom stereocenters. The van der Waals surface area contributed by atoms with Crippen molar-refractivity contribution in [1.29, 1.82) is 0 Å². The van der Waals surface area contributed by atoms with Crippen LogP contribution in [0.15, 0.2) is 55.0 Å². The average Bonchev–Trinajstić information content (AvgIpc) is 2.86. The highest BCUT2D eigenvalue weighted by Crippen LogP contribution is 2.34. The van der Waals surface area contributed by atoms with Crippen molar-refractivity contribution in [2.24, 2.45) is 0 Å². The van der Waals surface area contributed by atoms with Crippen molar-refractivity contribution in [3.8, 4) is 11.1 Å². The quantitative estimate of drug-likeness (QED) is 0.594. The second-order valence-corrected chi connectivity index (χ2v) is 9.20. The molecule has 0 amide bonds. The molecule has 172 valence electrons. The van der Waals surface area contributed by atoms with Gasteiger partial charge in [-0.15, -0.1) is 0 Å². The third-order valence-corrected chi connectivity index (χ3v) is 6.79. The van der Waals surface area contributed by atoms with E-state index in [9.17, 15) is 4.39 Å². The minimum Gasteiger partial charge on any atom is -0.338 e. The van der Waals surface area contributed by atoms with Crippen LogP contribution in [0.1, 0.15) is 30.0 Å². The van der Waals surface area contributed by atoms with Gasteiger partial charge >= 0.3 is 0 Å². The molecule has 0 bridgehead atoms. The zero-order valence-corrected chi connectivity index (χ0v) is 19.2. The van der Waals surface area contributed by atoms with E-state index in [0.29, 0.717) is 5.92 Å². The van der Waals surface area contributed by atoms with Crippen LogP contribution < -0.4 is 4.90 Å². The summed E-state index contributed by atoms with van der Waals surface area (Å²) in [4.78, 5) is 21.3. The lowest BCUT2D eigenvalue weighted by Gasteiger charge is -2.35. The number of piperazine rings is 1. The summed E-state index contributed by atoms with van der Waals surface area (Å²) < 4.78 is 13.3. The van der Waals surface area contributed by atoms with Gasteiger partial charge in [-0.1, -0.05) is 12.1 Å². The zero-order chi connectivity index (χ0) is 22.6. The predicted molar refractivity (Wildman–Crippen MR) is 129 cm³/mol. The van der Waals surface area contributed by atoms with Crippen molar-refractivity contribution < 1.29 is 4.39 Å². The van der Waals surface area contributed by atoms with Gasteiger partial charge in [0.2, 0.25) is 5.95 Å². The Morgan fingerprint density at radius 2 is 1.73 bits per heavy atom.